The van der Waals surface area contributed by atoms with Gasteiger partial charge in [0, 0.05) is 30.2 Å². The SMILES string of the molecule is CC(C)c1cnc(CNCC(C)N(C)C)s1. The molecule has 1 N–H and O–H groups in total. The highest BCUT2D eigenvalue weighted by atomic mass is 32.1. The Bertz CT molecular complexity index is 307. The molecule has 92 valence electrons. The van der Waals surface area contributed by atoms with Crippen LogP contribution in [0.2, 0.25) is 0 Å². The van der Waals surface area contributed by atoms with Crippen molar-refractivity contribution in [3.05, 3.63) is 16.1 Å². The van der Waals surface area contributed by atoms with Crippen molar-refractivity contribution in [3.63, 3.8) is 0 Å². The first-order chi connectivity index (χ1) is 7.50. The van der Waals surface area contributed by atoms with Crippen LogP contribution in [0.3, 0.4) is 0 Å². The predicted molar refractivity (Wildman–Crippen MR) is 71.1 cm³/mol. The second-order valence-corrected chi connectivity index (χ2v) is 5.90. The molecular weight excluding hydrogens is 218 g/mol. The first-order valence-electron chi connectivity index (χ1n) is 5.82. The summed E-state index contributed by atoms with van der Waals surface area (Å²) < 4.78 is 0. The Balaban J connectivity index is 2.32. The molecule has 16 heavy (non-hydrogen) atoms. The smallest absolute Gasteiger partial charge is 0.107 e. The summed E-state index contributed by atoms with van der Waals surface area (Å²) in [5, 5.41) is 4.63. The molecular formula is C12H23N3S. The van der Waals surface area contributed by atoms with E-state index in [2.05, 4.69) is 50.1 Å². The van der Waals surface area contributed by atoms with Crippen LogP contribution in [0.1, 0.15) is 36.6 Å². The van der Waals surface area contributed by atoms with Gasteiger partial charge in [-0.05, 0) is 26.9 Å². The number of aromatic nitrogens is 1. The van der Waals surface area contributed by atoms with Gasteiger partial charge in [0.15, 0.2) is 0 Å². The summed E-state index contributed by atoms with van der Waals surface area (Å²) in [6.07, 6.45) is 2.00. The Morgan fingerprint density at radius 2 is 2.06 bits per heavy atom. The van der Waals surface area contributed by atoms with Gasteiger partial charge in [-0.2, -0.15) is 0 Å². The van der Waals surface area contributed by atoms with Crippen LogP contribution < -0.4 is 5.32 Å². The van der Waals surface area contributed by atoms with Crippen molar-refractivity contribution in [2.45, 2.75) is 39.3 Å². The van der Waals surface area contributed by atoms with Gasteiger partial charge in [-0.25, -0.2) is 4.98 Å². The summed E-state index contributed by atoms with van der Waals surface area (Å²) in [6, 6.07) is 0.560. The summed E-state index contributed by atoms with van der Waals surface area (Å²) in [4.78, 5) is 8.01. The summed E-state index contributed by atoms with van der Waals surface area (Å²) in [5.41, 5.74) is 0. The summed E-state index contributed by atoms with van der Waals surface area (Å²) >= 11 is 1.81. The molecule has 1 unspecified atom stereocenters. The van der Waals surface area contributed by atoms with Gasteiger partial charge in [0.25, 0.3) is 0 Å². The number of likely N-dealkylation sites (N-methyl/N-ethyl adjacent to an activating group) is 1. The first-order valence-corrected chi connectivity index (χ1v) is 6.64. The Kier molecular flexibility index (Phi) is 5.38. The van der Waals surface area contributed by atoms with Gasteiger partial charge in [-0.1, -0.05) is 13.8 Å². The van der Waals surface area contributed by atoms with Crippen LogP contribution in [0.15, 0.2) is 6.20 Å². The minimum Gasteiger partial charge on any atom is -0.309 e. The van der Waals surface area contributed by atoms with Crippen LogP contribution in [0.5, 0.6) is 0 Å². The fourth-order valence-corrected chi connectivity index (χ4v) is 2.14. The first kappa shape index (κ1) is 13.6. The van der Waals surface area contributed by atoms with E-state index < -0.39 is 0 Å². The summed E-state index contributed by atoms with van der Waals surface area (Å²) in [5.74, 6) is 0.590. The van der Waals surface area contributed by atoms with E-state index in [4.69, 9.17) is 0 Å². The van der Waals surface area contributed by atoms with Crippen LogP contribution in [0, 0.1) is 0 Å². The monoisotopic (exact) mass is 241 g/mol. The number of hydrogen-bond acceptors (Lipinski definition) is 4. The molecule has 0 aliphatic heterocycles. The number of nitrogens with one attached hydrogen (secondary N) is 1. The fraction of sp³-hybridized carbons (Fsp3) is 0.750. The second kappa shape index (κ2) is 6.33. The van der Waals surface area contributed by atoms with E-state index in [0.717, 1.165) is 13.1 Å². The third kappa shape index (κ3) is 4.20. The molecule has 0 amide bonds. The number of thiazole rings is 1. The minimum atomic E-state index is 0.560. The molecule has 0 aliphatic rings. The molecule has 1 heterocycles. The highest BCUT2D eigenvalue weighted by Crippen LogP contribution is 2.21. The van der Waals surface area contributed by atoms with E-state index in [9.17, 15) is 0 Å². The van der Waals surface area contributed by atoms with Gasteiger partial charge in [0.2, 0.25) is 0 Å². The lowest BCUT2D eigenvalue weighted by Crippen LogP contribution is -2.35. The highest BCUT2D eigenvalue weighted by molar-refractivity contribution is 7.11. The number of hydrogen-bond donors (Lipinski definition) is 1. The minimum absolute atomic E-state index is 0.560. The Hall–Kier alpha value is -0.450. The van der Waals surface area contributed by atoms with Crippen molar-refractivity contribution in [1.82, 2.24) is 15.2 Å². The Morgan fingerprint density at radius 3 is 2.56 bits per heavy atom. The van der Waals surface area contributed by atoms with E-state index >= 15 is 0 Å². The van der Waals surface area contributed by atoms with Crippen molar-refractivity contribution in [2.75, 3.05) is 20.6 Å². The maximum atomic E-state index is 4.42. The molecule has 0 bridgehead atoms. The molecule has 0 saturated heterocycles. The molecule has 0 aromatic carbocycles. The maximum Gasteiger partial charge on any atom is 0.107 e. The zero-order valence-corrected chi connectivity index (χ0v) is 11.8. The molecule has 0 saturated carbocycles. The molecule has 1 rings (SSSR count). The molecule has 0 spiro atoms. The third-order valence-corrected chi connectivity index (χ3v) is 4.04. The van der Waals surface area contributed by atoms with Crippen LogP contribution in [0.4, 0.5) is 0 Å². The maximum absolute atomic E-state index is 4.42. The van der Waals surface area contributed by atoms with Crippen molar-refractivity contribution < 1.29 is 0 Å². The average Bonchev–Trinajstić information content (AvgIpc) is 2.66. The standard InChI is InChI=1S/C12H23N3S/c1-9(2)11-7-14-12(16-11)8-13-6-10(3)15(4)5/h7,9-10,13H,6,8H2,1-5H3. The third-order valence-electron chi connectivity index (χ3n) is 2.74. The summed E-state index contributed by atoms with van der Waals surface area (Å²) in [6.45, 7) is 8.52. The van der Waals surface area contributed by atoms with Crippen molar-refractivity contribution in [2.24, 2.45) is 0 Å². The Morgan fingerprint density at radius 1 is 1.38 bits per heavy atom. The lowest BCUT2D eigenvalue weighted by Gasteiger charge is -2.19. The van der Waals surface area contributed by atoms with Crippen LogP contribution in [-0.2, 0) is 6.54 Å². The van der Waals surface area contributed by atoms with Gasteiger partial charge < -0.3 is 10.2 Å². The molecule has 0 radical (unpaired) electrons. The molecule has 1 aromatic heterocycles. The number of nitrogens with zero attached hydrogens (tertiary/aromatic N) is 2. The van der Waals surface area contributed by atoms with Gasteiger partial charge in [0.05, 0.1) is 0 Å². The van der Waals surface area contributed by atoms with Crippen LogP contribution in [0.25, 0.3) is 0 Å². The zero-order chi connectivity index (χ0) is 12.1. The fourth-order valence-electron chi connectivity index (χ4n) is 1.24. The molecule has 4 heteroatoms. The molecule has 1 atom stereocenters. The predicted octanol–water partition coefficient (Wildman–Crippen LogP) is 2.31. The molecule has 1 aromatic rings. The van der Waals surface area contributed by atoms with Gasteiger partial charge >= 0.3 is 0 Å². The molecule has 0 aliphatic carbocycles. The quantitative estimate of drug-likeness (QED) is 0.828. The van der Waals surface area contributed by atoms with E-state index in [1.54, 1.807) is 0 Å². The number of rotatable bonds is 6. The molecule has 3 nitrogen and oxygen atoms in total. The van der Waals surface area contributed by atoms with E-state index in [1.165, 1.54) is 9.88 Å². The highest BCUT2D eigenvalue weighted by Gasteiger charge is 2.07. The Labute approximate surface area is 103 Å². The van der Waals surface area contributed by atoms with Crippen molar-refractivity contribution in [3.8, 4) is 0 Å². The zero-order valence-electron chi connectivity index (χ0n) is 10.9. The van der Waals surface area contributed by atoms with Crippen LogP contribution >= 0.6 is 11.3 Å². The van der Waals surface area contributed by atoms with Crippen LogP contribution in [-0.4, -0.2) is 36.6 Å². The largest absolute Gasteiger partial charge is 0.309 e. The molecule has 0 fully saturated rings. The topological polar surface area (TPSA) is 28.2 Å². The van der Waals surface area contributed by atoms with E-state index in [-0.39, 0.29) is 0 Å². The van der Waals surface area contributed by atoms with E-state index in [1.807, 2.05) is 17.5 Å². The normalized spacial score (nSPS) is 13.7. The van der Waals surface area contributed by atoms with Gasteiger partial charge in [-0.3, -0.25) is 0 Å². The van der Waals surface area contributed by atoms with Gasteiger partial charge in [0.1, 0.15) is 5.01 Å². The van der Waals surface area contributed by atoms with Crippen molar-refractivity contribution in [1.29, 1.82) is 0 Å². The second-order valence-electron chi connectivity index (χ2n) is 4.75. The summed E-state index contributed by atoms with van der Waals surface area (Å²) in [7, 11) is 4.21. The van der Waals surface area contributed by atoms with Gasteiger partial charge in [-0.15, -0.1) is 11.3 Å². The lowest BCUT2D eigenvalue weighted by atomic mass is 10.2. The average molecular weight is 241 g/mol. The lowest BCUT2D eigenvalue weighted by molar-refractivity contribution is 0.302. The van der Waals surface area contributed by atoms with E-state index in [0.29, 0.717) is 12.0 Å². The van der Waals surface area contributed by atoms with Crippen molar-refractivity contribution >= 4 is 11.3 Å².